The second kappa shape index (κ2) is 4.20. The third-order valence-corrected chi connectivity index (χ3v) is 4.52. The van der Waals surface area contributed by atoms with Gasteiger partial charge in [0.25, 0.3) is 0 Å². The standard InChI is InChI=1S/C16H19N3/c1-17-9-13-7-12-8-16(12)19(13)14-6-11-4-2-3-5-15(11)18-10-14/h2-6,10,12-13,16-17H,7-9H2,1H3. The molecule has 0 spiro atoms. The van der Waals surface area contributed by atoms with Gasteiger partial charge in [0, 0.05) is 24.0 Å². The molecule has 1 N–H and O–H groups in total. The lowest BCUT2D eigenvalue weighted by molar-refractivity contribution is 0.564. The summed E-state index contributed by atoms with van der Waals surface area (Å²) in [5.74, 6) is 0.921. The number of pyridine rings is 1. The molecule has 3 nitrogen and oxygen atoms in total. The molecule has 19 heavy (non-hydrogen) atoms. The third kappa shape index (κ3) is 1.80. The first-order valence-electron chi connectivity index (χ1n) is 7.14. The van der Waals surface area contributed by atoms with Crippen molar-refractivity contribution >= 4 is 16.6 Å². The lowest BCUT2D eigenvalue weighted by Gasteiger charge is -2.29. The smallest absolute Gasteiger partial charge is 0.0703 e. The fourth-order valence-electron chi connectivity index (χ4n) is 3.58. The van der Waals surface area contributed by atoms with Crippen molar-refractivity contribution in [1.82, 2.24) is 10.3 Å². The maximum absolute atomic E-state index is 4.61. The third-order valence-electron chi connectivity index (χ3n) is 4.52. The van der Waals surface area contributed by atoms with Crippen LogP contribution in [0.4, 0.5) is 5.69 Å². The molecule has 1 aliphatic carbocycles. The van der Waals surface area contributed by atoms with E-state index in [1.165, 1.54) is 23.9 Å². The van der Waals surface area contributed by atoms with Gasteiger partial charge in [0.2, 0.25) is 0 Å². The van der Waals surface area contributed by atoms with Crippen molar-refractivity contribution in [3.8, 4) is 0 Å². The Morgan fingerprint density at radius 3 is 3.11 bits per heavy atom. The lowest BCUT2D eigenvalue weighted by atomic mass is 10.1. The minimum absolute atomic E-state index is 0.636. The van der Waals surface area contributed by atoms with E-state index in [-0.39, 0.29) is 0 Å². The molecule has 2 aliphatic rings. The fraction of sp³-hybridized carbons (Fsp3) is 0.438. The van der Waals surface area contributed by atoms with Crippen LogP contribution in [-0.2, 0) is 0 Å². The first-order chi connectivity index (χ1) is 9.36. The molecule has 4 rings (SSSR count). The normalized spacial score (nSPS) is 28.7. The van der Waals surface area contributed by atoms with Crippen LogP contribution < -0.4 is 10.2 Å². The fourth-order valence-corrected chi connectivity index (χ4v) is 3.58. The summed E-state index contributed by atoms with van der Waals surface area (Å²) in [7, 11) is 2.04. The summed E-state index contributed by atoms with van der Waals surface area (Å²) >= 11 is 0. The number of nitrogens with one attached hydrogen (secondary N) is 1. The number of benzene rings is 1. The average Bonchev–Trinajstić information content (AvgIpc) is 3.10. The van der Waals surface area contributed by atoms with Crippen molar-refractivity contribution < 1.29 is 0 Å². The Balaban J connectivity index is 1.72. The largest absolute Gasteiger partial charge is 0.363 e. The number of likely N-dealkylation sites (N-methyl/N-ethyl adjacent to an activating group) is 1. The quantitative estimate of drug-likeness (QED) is 0.910. The van der Waals surface area contributed by atoms with Crippen molar-refractivity contribution in [1.29, 1.82) is 0 Å². The van der Waals surface area contributed by atoms with Gasteiger partial charge in [0.1, 0.15) is 0 Å². The van der Waals surface area contributed by atoms with Gasteiger partial charge in [-0.15, -0.1) is 0 Å². The molecule has 1 saturated heterocycles. The predicted octanol–water partition coefficient (Wildman–Crippen LogP) is 2.42. The molecule has 3 heteroatoms. The Kier molecular flexibility index (Phi) is 2.49. The van der Waals surface area contributed by atoms with Gasteiger partial charge in [-0.2, -0.15) is 0 Å². The van der Waals surface area contributed by atoms with E-state index in [0.717, 1.165) is 24.0 Å². The number of nitrogens with zero attached hydrogens (tertiary/aromatic N) is 2. The van der Waals surface area contributed by atoms with E-state index in [1.54, 1.807) is 0 Å². The van der Waals surface area contributed by atoms with E-state index < -0.39 is 0 Å². The van der Waals surface area contributed by atoms with Crippen LogP contribution in [0.25, 0.3) is 10.9 Å². The Hall–Kier alpha value is -1.61. The summed E-state index contributed by atoms with van der Waals surface area (Å²) in [5.41, 5.74) is 2.38. The molecule has 1 aliphatic heterocycles. The summed E-state index contributed by atoms with van der Waals surface area (Å²) < 4.78 is 0. The highest BCUT2D eigenvalue weighted by atomic mass is 15.3. The zero-order valence-electron chi connectivity index (χ0n) is 11.2. The topological polar surface area (TPSA) is 28.2 Å². The second-order valence-corrected chi connectivity index (χ2v) is 5.80. The van der Waals surface area contributed by atoms with E-state index in [9.17, 15) is 0 Å². The van der Waals surface area contributed by atoms with E-state index in [2.05, 4.69) is 39.5 Å². The SMILES string of the molecule is CNCC1CC2CC2N1c1cnc2ccccc2c1. The molecule has 3 unspecified atom stereocenters. The van der Waals surface area contributed by atoms with E-state index in [1.807, 2.05) is 19.3 Å². The van der Waals surface area contributed by atoms with Crippen molar-refractivity contribution in [2.75, 3.05) is 18.5 Å². The van der Waals surface area contributed by atoms with E-state index in [0.29, 0.717) is 6.04 Å². The first-order valence-corrected chi connectivity index (χ1v) is 7.14. The van der Waals surface area contributed by atoms with E-state index >= 15 is 0 Å². The van der Waals surface area contributed by atoms with Gasteiger partial charge < -0.3 is 10.2 Å². The number of rotatable bonds is 3. The highest BCUT2D eigenvalue weighted by Crippen LogP contribution is 2.49. The van der Waals surface area contributed by atoms with Gasteiger partial charge in [-0.25, -0.2) is 0 Å². The van der Waals surface area contributed by atoms with Crippen molar-refractivity contribution in [3.63, 3.8) is 0 Å². The van der Waals surface area contributed by atoms with Crippen LogP contribution in [0, 0.1) is 5.92 Å². The molecule has 0 bridgehead atoms. The van der Waals surface area contributed by atoms with Crippen molar-refractivity contribution in [2.24, 2.45) is 5.92 Å². The van der Waals surface area contributed by atoms with Gasteiger partial charge >= 0.3 is 0 Å². The average molecular weight is 253 g/mol. The van der Waals surface area contributed by atoms with Crippen LogP contribution in [0.5, 0.6) is 0 Å². The molecule has 0 amide bonds. The van der Waals surface area contributed by atoms with Crippen LogP contribution >= 0.6 is 0 Å². The number of aromatic nitrogens is 1. The van der Waals surface area contributed by atoms with Gasteiger partial charge in [-0.1, -0.05) is 18.2 Å². The summed E-state index contributed by atoms with van der Waals surface area (Å²) in [5, 5.41) is 4.57. The minimum Gasteiger partial charge on any atom is -0.363 e. The maximum atomic E-state index is 4.61. The number of hydrogen-bond donors (Lipinski definition) is 1. The molecule has 1 saturated carbocycles. The number of hydrogen-bond acceptors (Lipinski definition) is 3. The highest BCUT2D eigenvalue weighted by molar-refractivity contribution is 5.82. The minimum atomic E-state index is 0.636. The zero-order valence-corrected chi connectivity index (χ0v) is 11.2. The lowest BCUT2D eigenvalue weighted by Crippen LogP contribution is -2.39. The summed E-state index contributed by atoms with van der Waals surface area (Å²) in [6.45, 7) is 1.07. The number of piperidine rings is 1. The Morgan fingerprint density at radius 1 is 1.32 bits per heavy atom. The molecular weight excluding hydrogens is 234 g/mol. The van der Waals surface area contributed by atoms with Gasteiger partial charge in [-0.3, -0.25) is 4.98 Å². The Bertz CT molecular complexity index is 610. The predicted molar refractivity (Wildman–Crippen MR) is 78.4 cm³/mol. The molecule has 2 heterocycles. The van der Waals surface area contributed by atoms with Crippen LogP contribution in [-0.4, -0.2) is 30.7 Å². The molecule has 3 atom stereocenters. The number of anilines is 1. The summed E-state index contributed by atoms with van der Waals surface area (Å²) in [4.78, 5) is 7.21. The Labute approximate surface area is 113 Å². The number of para-hydroxylation sites is 1. The molecule has 2 fully saturated rings. The second-order valence-electron chi connectivity index (χ2n) is 5.80. The van der Waals surface area contributed by atoms with Crippen molar-refractivity contribution in [2.45, 2.75) is 24.9 Å². The first kappa shape index (κ1) is 11.2. The van der Waals surface area contributed by atoms with Crippen LogP contribution in [0.2, 0.25) is 0 Å². The van der Waals surface area contributed by atoms with Crippen molar-refractivity contribution in [3.05, 3.63) is 36.5 Å². The van der Waals surface area contributed by atoms with Crippen LogP contribution in [0.15, 0.2) is 36.5 Å². The molecule has 1 aromatic heterocycles. The van der Waals surface area contributed by atoms with Crippen LogP contribution in [0.3, 0.4) is 0 Å². The van der Waals surface area contributed by atoms with Gasteiger partial charge in [0.15, 0.2) is 0 Å². The summed E-state index contributed by atoms with van der Waals surface area (Å²) in [6, 6.07) is 12.1. The van der Waals surface area contributed by atoms with Gasteiger partial charge in [0.05, 0.1) is 17.4 Å². The maximum Gasteiger partial charge on any atom is 0.0703 e. The molecule has 98 valence electrons. The molecule has 0 radical (unpaired) electrons. The Morgan fingerprint density at radius 2 is 2.21 bits per heavy atom. The zero-order chi connectivity index (χ0) is 12.8. The van der Waals surface area contributed by atoms with E-state index in [4.69, 9.17) is 0 Å². The van der Waals surface area contributed by atoms with Gasteiger partial charge in [-0.05, 0) is 37.9 Å². The van der Waals surface area contributed by atoms with Crippen LogP contribution in [0.1, 0.15) is 12.8 Å². The highest BCUT2D eigenvalue weighted by Gasteiger charge is 2.51. The number of fused-ring (bicyclic) bond motifs is 2. The molecule has 1 aromatic carbocycles. The molecule has 2 aromatic rings. The molecular formula is C16H19N3. The monoisotopic (exact) mass is 253 g/mol. The summed E-state index contributed by atoms with van der Waals surface area (Å²) in [6.07, 6.45) is 4.75.